The molecule has 0 aromatic heterocycles. The lowest BCUT2D eigenvalue weighted by Crippen LogP contribution is -2.15. The van der Waals surface area contributed by atoms with Crippen molar-refractivity contribution in [3.8, 4) is 0 Å². The van der Waals surface area contributed by atoms with E-state index in [1.54, 1.807) is 13.8 Å². The molecule has 3 nitrogen and oxygen atoms in total. The van der Waals surface area contributed by atoms with Crippen molar-refractivity contribution in [3.05, 3.63) is 11.3 Å². The van der Waals surface area contributed by atoms with Gasteiger partial charge in [-0.25, -0.2) is 4.79 Å². The van der Waals surface area contributed by atoms with Crippen LogP contribution in [-0.2, 0) is 9.53 Å². The summed E-state index contributed by atoms with van der Waals surface area (Å²) in [6.07, 6.45) is -0.268. The van der Waals surface area contributed by atoms with E-state index in [4.69, 9.17) is 22.1 Å². The Morgan fingerprint density at radius 1 is 1.73 bits per heavy atom. The van der Waals surface area contributed by atoms with Crippen LogP contribution in [0.25, 0.3) is 0 Å². The average molecular weight is 172 g/mol. The molecular formula is C7H8O3S. The van der Waals surface area contributed by atoms with Gasteiger partial charge in [0.05, 0.1) is 4.86 Å². The Morgan fingerprint density at radius 2 is 2.27 bits per heavy atom. The Balaban J connectivity index is 3.01. The van der Waals surface area contributed by atoms with Gasteiger partial charge in [0.15, 0.2) is 0 Å². The van der Waals surface area contributed by atoms with Gasteiger partial charge < -0.3 is 9.84 Å². The standard InChI is InChI=1S/C7H8O3S/c1-3-5(7(8)9)6(11)4(2)10-3/h4H,1-2H3,(H,8,9). The number of aliphatic carboxylic acids is 1. The number of carboxylic acids is 1. The van der Waals surface area contributed by atoms with Gasteiger partial charge in [-0.2, -0.15) is 0 Å². The highest BCUT2D eigenvalue weighted by atomic mass is 32.1. The second kappa shape index (κ2) is 2.62. The lowest BCUT2D eigenvalue weighted by Gasteiger charge is -2.02. The zero-order valence-electron chi connectivity index (χ0n) is 6.25. The molecule has 60 valence electrons. The molecule has 1 aliphatic rings. The summed E-state index contributed by atoms with van der Waals surface area (Å²) in [6.45, 7) is 3.35. The van der Waals surface area contributed by atoms with Gasteiger partial charge in [0.25, 0.3) is 0 Å². The second-order valence-corrected chi connectivity index (χ2v) is 2.80. The second-order valence-electron chi connectivity index (χ2n) is 2.36. The Hall–Kier alpha value is -0.900. The molecular weight excluding hydrogens is 164 g/mol. The minimum absolute atomic E-state index is 0.146. The summed E-state index contributed by atoms with van der Waals surface area (Å²) in [5, 5.41) is 8.65. The van der Waals surface area contributed by atoms with Gasteiger partial charge in [0.1, 0.15) is 17.4 Å². The molecule has 0 amide bonds. The molecule has 1 atom stereocenters. The average Bonchev–Trinajstić information content (AvgIpc) is 2.07. The third-order valence-corrected chi connectivity index (χ3v) is 2.07. The summed E-state index contributed by atoms with van der Waals surface area (Å²) in [4.78, 5) is 10.9. The van der Waals surface area contributed by atoms with Gasteiger partial charge in [-0.1, -0.05) is 12.2 Å². The first-order valence-corrected chi connectivity index (χ1v) is 3.60. The molecule has 1 N–H and O–H groups in total. The highest BCUT2D eigenvalue weighted by Gasteiger charge is 2.30. The van der Waals surface area contributed by atoms with E-state index in [0.29, 0.717) is 10.6 Å². The van der Waals surface area contributed by atoms with Crippen LogP contribution in [0.3, 0.4) is 0 Å². The van der Waals surface area contributed by atoms with E-state index in [2.05, 4.69) is 0 Å². The van der Waals surface area contributed by atoms with E-state index < -0.39 is 5.97 Å². The zero-order valence-corrected chi connectivity index (χ0v) is 7.07. The maximum absolute atomic E-state index is 10.5. The van der Waals surface area contributed by atoms with E-state index in [1.807, 2.05) is 0 Å². The molecule has 0 saturated carbocycles. The fourth-order valence-corrected chi connectivity index (χ4v) is 1.29. The first-order chi connectivity index (χ1) is 5.04. The smallest absolute Gasteiger partial charge is 0.340 e. The number of rotatable bonds is 1. The molecule has 11 heavy (non-hydrogen) atoms. The van der Waals surface area contributed by atoms with Crippen LogP contribution in [-0.4, -0.2) is 22.0 Å². The Kier molecular flexibility index (Phi) is 1.95. The third-order valence-electron chi connectivity index (χ3n) is 1.54. The van der Waals surface area contributed by atoms with Gasteiger partial charge in [0.2, 0.25) is 0 Å². The summed E-state index contributed by atoms with van der Waals surface area (Å²) in [5.74, 6) is -0.591. The molecule has 0 spiro atoms. The van der Waals surface area contributed by atoms with Crippen LogP contribution in [0.5, 0.6) is 0 Å². The molecule has 0 fully saturated rings. The van der Waals surface area contributed by atoms with Crippen LogP contribution in [0.15, 0.2) is 11.3 Å². The normalized spacial score (nSPS) is 23.8. The lowest BCUT2D eigenvalue weighted by molar-refractivity contribution is -0.132. The molecule has 1 unspecified atom stereocenters. The third kappa shape index (κ3) is 1.26. The number of carboxylic acid groups (broad SMARTS) is 1. The maximum Gasteiger partial charge on any atom is 0.340 e. The Bertz CT molecular complexity index is 254. The quantitative estimate of drug-likeness (QED) is 0.602. The van der Waals surface area contributed by atoms with Crippen molar-refractivity contribution >= 4 is 23.1 Å². The molecule has 0 bridgehead atoms. The summed E-state index contributed by atoms with van der Waals surface area (Å²) in [7, 11) is 0. The predicted molar refractivity (Wildman–Crippen MR) is 43.5 cm³/mol. The molecule has 1 aliphatic heterocycles. The van der Waals surface area contributed by atoms with Crippen molar-refractivity contribution in [2.24, 2.45) is 0 Å². The van der Waals surface area contributed by atoms with Crippen LogP contribution in [0.4, 0.5) is 0 Å². The van der Waals surface area contributed by atoms with Gasteiger partial charge >= 0.3 is 5.97 Å². The van der Waals surface area contributed by atoms with Crippen LogP contribution >= 0.6 is 12.2 Å². The molecule has 0 saturated heterocycles. The highest BCUT2D eigenvalue weighted by Crippen LogP contribution is 2.22. The van der Waals surface area contributed by atoms with Gasteiger partial charge in [0, 0.05) is 0 Å². The van der Waals surface area contributed by atoms with Crippen molar-refractivity contribution in [2.75, 3.05) is 0 Å². The fraction of sp³-hybridized carbons (Fsp3) is 0.429. The van der Waals surface area contributed by atoms with Crippen molar-refractivity contribution in [1.29, 1.82) is 0 Å². The first-order valence-electron chi connectivity index (χ1n) is 3.19. The Morgan fingerprint density at radius 3 is 2.45 bits per heavy atom. The summed E-state index contributed by atoms with van der Waals surface area (Å²) < 4.78 is 5.10. The first kappa shape index (κ1) is 8.20. The topological polar surface area (TPSA) is 46.5 Å². The van der Waals surface area contributed by atoms with Crippen molar-refractivity contribution < 1.29 is 14.6 Å². The number of thiocarbonyl (C=S) groups is 1. The number of hydrogen-bond acceptors (Lipinski definition) is 3. The van der Waals surface area contributed by atoms with E-state index in [0.717, 1.165) is 0 Å². The molecule has 1 heterocycles. The molecule has 0 aliphatic carbocycles. The summed E-state index contributed by atoms with van der Waals surface area (Å²) in [5.41, 5.74) is 0.146. The monoisotopic (exact) mass is 172 g/mol. The SMILES string of the molecule is CC1=C(C(=O)O)C(=S)C(C)O1. The largest absolute Gasteiger partial charge is 0.489 e. The molecule has 1 rings (SSSR count). The van der Waals surface area contributed by atoms with Crippen molar-refractivity contribution in [2.45, 2.75) is 20.0 Å². The van der Waals surface area contributed by atoms with Crippen molar-refractivity contribution in [3.63, 3.8) is 0 Å². The maximum atomic E-state index is 10.5. The van der Waals surface area contributed by atoms with Crippen LogP contribution in [0.2, 0.25) is 0 Å². The van der Waals surface area contributed by atoms with E-state index in [1.165, 1.54) is 0 Å². The minimum atomic E-state index is -1.00. The number of allylic oxidation sites excluding steroid dienone is 1. The molecule has 4 heteroatoms. The van der Waals surface area contributed by atoms with E-state index in [9.17, 15) is 4.79 Å². The number of carbonyl (C=O) groups is 1. The molecule has 0 aromatic rings. The van der Waals surface area contributed by atoms with Gasteiger partial charge in [-0.15, -0.1) is 0 Å². The molecule has 0 radical (unpaired) electrons. The predicted octanol–water partition coefficient (Wildman–Crippen LogP) is 1.13. The number of ether oxygens (including phenoxy) is 1. The van der Waals surface area contributed by atoms with Crippen LogP contribution in [0, 0.1) is 0 Å². The lowest BCUT2D eigenvalue weighted by atomic mass is 10.1. The van der Waals surface area contributed by atoms with Crippen LogP contribution in [0.1, 0.15) is 13.8 Å². The summed E-state index contributed by atoms with van der Waals surface area (Å²) in [6, 6.07) is 0. The highest BCUT2D eigenvalue weighted by molar-refractivity contribution is 7.81. The Labute approximate surface area is 69.7 Å². The van der Waals surface area contributed by atoms with Gasteiger partial charge in [-0.05, 0) is 13.8 Å². The fourth-order valence-electron chi connectivity index (χ4n) is 1.01. The number of hydrogen-bond donors (Lipinski definition) is 1. The van der Waals surface area contributed by atoms with Gasteiger partial charge in [-0.3, -0.25) is 0 Å². The zero-order chi connectivity index (χ0) is 8.59. The van der Waals surface area contributed by atoms with Crippen molar-refractivity contribution in [1.82, 2.24) is 0 Å². The minimum Gasteiger partial charge on any atom is -0.489 e. The van der Waals surface area contributed by atoms with Crippen LogP contribution < -0.4 is 0 Å². The summed E-state index contributed by atoms with van der Waals surface area (Å²) >= 11 is 4.85. The van der Waals surface area contributed by atoms with E-state index in [-0.39, 0.29) is 11.7 Å². The van der Waals surface area contributed by atoms with E-state index >= 15 is 0 Å². The molecule has 0 aromatic carbocycles.